The van der Waals surface area contributed by atoms with Gasteiger partial charge in [0.2, 0.25) is 5.82 Å². The third-order valence-electron chi connectivity index (χ3n) is 2.88. The van der Waals surface area contributed by atoms with Crippen molar-refractivity contribution in [3.8, 4) is 6.07 Å². The van der Waals surface area contributed by atoms with Gasteiger partial charge in [0.25, 0.3) is 0 Å². The fourth-order valence-electron chi connectivity index (χ4n) is 2.04. The number of nitrogens with one attached hydrogen (secondary N) is 1. The Morgan fingerprint density at radius 2 is 1.89 bits per heavy atom. The van der Waals surface area contributed by atoms with E-state index in [1.807, 2.05) is 26.8 Å². The molecule has 1 aromatic heterocycles. The molecule has 0 unspecified atom stereocenters. The van der Waals surface area contributed by atoms with Crippen molar-refractivity contribution in [1.29, 1.82) is 5.26 Å². The lowest BCUT2D eigenvalue weighted by Gasteiger charge is -2.32. The van der Waals surface area contributed by atoms with Gasteiger partial charge in [-0.3, -0.25) is 5.01 Å². The summed E-state index contributed by atoms with van der Waals surface area (Å²) in [5.74, 6) is -0.717. The van der Waals surface area contributed by atoms with E-state index in [-0.39, 0.29) is 29.2 Å². The van der Waals surface area contributed by atoms with Crippen LogP contribution in [-0.4, -0.2) is 40.8 Å². The number of esters is 1. The van der Waals surface area contributed by atoms with Crippen molar-refractivity contribution in [3.05, 3.63) is 17.6 Å². The summed E-state index contributed by atoms with van der Waals surface area (Å²) in [6.45, 7) is 13.2. The molecule has 148 valence electrons. The molecule has 0 aliphatic rings. The molecule has 0 fully saturated rings. The van der Waals surface area contributed by atoms with E-state index in [2.05, 4.69) is 15.4 Å². The van der Waals surface area contributed by atoms with Crippen LogP contribution in [0.4, 0.5) is 10.6 Å². The summed E-state index contributed by atoms with van der Waals surface area (Å²) in [5.41, 5.74) is 1.66. The second-order valence-corrected chi connectivity index (χ2v) is 8.02. The molecule has 0 radical (unpaired) electrons. The van der Waals surface area contributed by atoms with Crippen LogP contribution in [-0.2, 0) is 9.47 Å². The molecule has 1 aromatic rings. The summed E-state index contributed by atoms with van der Waals surface area (Å²) < 4.78 is 10.3. The van der Waals surface area contributed by atoms with Gasteiger partial charge in [-0.15, -0.1) is 0 Å². The summed E-state index contributed by atoms with van der Waals surface area (Å²) in [4.78, 5) is 32.5. The lowest BCUT2D eigenvalue weighted by atomic mass is 9.96. The van der Waals surface area contributed by atoms with Crippen LogP contribution in [0.3, 0.4) is 0 Å². The monoisotopic (exact) mass is 377 g/mol. The minimum absolute atomic E-state index is 0.0381. The Morgan fingerprint density at radius 1 is 1.26 bits per heavy atom. The van der Waals surface area contributed by atoms with Crippen molar-refractivity contribution in [2.24, 2.45) is 5.41 Å². The highest BCUT2D eigenvalue weighted by atomic mass is 16.6. The van der Waals surface area contributed by atoms with Crippen molar-refractivity contribution in [3.63, 3.8) is 0 Å². The van der Waals surface area contributed by atoms with Gasteiger partial charge in [-0.2, -0.15) is 10.2 Å². The normalized spacial score (nSPS) is 11.3. The minimum atomic E-state index is -0.710. The third kappa shape index (κ3) is 7.48. The molecule has 1 heterocycles. The summed E-state index contributed by atoms with van der Waals surface area (Å²) in [6.07, 6.45) is 0.504. The van der Waals surface area contributed by atoms with Crippen LogP contribution in [0.5, 0.6) is 0 Å². The number of aromatic nitrogens is 2. The number of nitriles is 1. The fraction of sp³-hybridized carbons (Fsp3) is 0.611. The molecule has 0 aliphatic carbocycles. The number of amides is 1. The van der Waals surface area contributed by atoms with Gasteiger partial charge in [0.1, 0.15) is 17.2 Å². The van der Waals surface area contributed by atoms with Crippen LogP contribution < -0.4 is 10.4 Å². The summed E-state index contributed by atoms with van der Waals surface area (Å²) >= 11 is 0. The molecule has 27 heavy (non-hydrogen) atoms. The number of rotatable bonds is 5. The first kappa shape index (κ1) is 22.2. The van der Waals surface area contributed by atoms with E-state index >= 15 is 0 Å². The highest BCUT2D eigenvalue weighted by molar-refractivity contribution is 5.94. The molecule has 0 aliphatic heterocycles. The minimum Gasteiger partial charge on any atom is -0.462 e. The second-order valence-electron chi connectivity index (χ2n) is 8.02. The molecule has 1 N–H and O–H groups in total. The van der Waals surface area contributed by atoms with Crippen molar-refractivity contribution in [2.75, 3.05) is 18.2 Å². The molecule has 0 saturated carbocycles. The molecule has 0 aromatic carbocycles. The van der Waals surface area contributed by atoms with Gasteiger partial charge in [-0.25, -0.2) is 20.0 Å². The van der Waals surface area contributed by atoms with E-state index < -0.39 is 17.7 Å². The molecule has 0 spiro atoms. The van der Waals surface area contributed by atoms with Gasteiger partial charge in [0.15, 0.2) is 5.82 Å². The van der Waals surface area contributed by atoms with Gasteiger partial charge >= 0.3 is 12.1 Å². The third-order valence-corrected chi connectivity index (χ3v) is 2.88. The average molecular weight is 377 g/mol. The van der Waals surface area contributed by atoms with Gasteiger partial charge in [0, 0.05) is 12.7 Å². The first-order valence-corrected chi connectivity index (χ1v) is 8.57. The van der Waals surface area contributed by atoms with E-state index in [0.29, 0.717) is 6.54 Å². The Balaban J connectivity index is 3.36. The number of nitrogens with zero attached hydrogens (tertiary/aromatic N) is 4. The molecule has 9 heteroatoms. The number of hydrazine groups is 1. The van der Waals surface area contributed by atoms with Gasteiger partial charge in [-0.1, -0.05) is 20.8 Å². The molecular formula is C18H27N5O4. The fourth-order valence-corrected chi connectivity index (χ4v) is 2.04. The lowest BCUT2D eigenvalue weighted by molar-refractivity contribution is 0.0498. The first-order valence-electron chi connectivity index (χ1n) is 8.57. The van der Waals surface area contributed by atoms with E-state index in [0.717, 1.165) is 0 Å². The highest BCUT2D eigenvalue weighted by Crippen LogP contribution is 2.23. The zero-order chi connectivity index (χ0) is 20.8. The van der Waals surface area contributed by atoms with Gasteiger partial charge in [0.05, 0.1) is 6.61 Å². The highest BCUT2D eigenvalue weighted by Gasteiger charge is 2.27. The van der Waals surface area contributed by atoms with Crippen LogP contribution in [0.1, 0.15) is 64.6 Å². The predicted molar refractivity (Wildman–Crippen MR) is 98.9 cm³/mol. The molecule has 0 atom stereocenters. The summed E-state index contributed by atoms with van der Waals surface area (Å²) in [6, 6.07) is 1.83. The number of carbonyl (C=O) groups excluding carboxylic acids is 2. The van der Waals surface area contributed by atoms with Crippen LogP contribution in [0, 0.1) is 16.7 Å². The number of hydrogen-bond donors (Lipinski definition) is 1. The number of anilines is 1. The number of carbonyl (C=O) groups is 2. The summed E-state index contributed by atoms with van der Waals surface area (Å²) in [5, 5.41) is 10.5. The van der Waals surface area contributed by atoms with Crippen molar-refractivity contribution >= 4 is 17.9 Å². The Bertz CT molecular complexity index is 729. The molecule has 9 nitrogen and oxygen atoms in total. The Labute approximate surface area is 159 Å². The SMILES string of the molecule is CCOC(=O)c1cnc(C#N)nc1N(CC(C)(C)C)NC(=O)OC(C)(C)C. The Kier molecular flexibility index (Phi) is 7.11. The van der Waals surface area contributed by atoms with Crippen molar-refractivity contribution in [2.45, 2.75) is 54.1 Å². The number of ether oxygens (including phenoxy) is 2. The van der Waals surface area contributed by atoms with Gasteiger partial charge < -0.3 is 9.47 Å². The van der Waals surface area contributed by atoms with Crippen LogP contribution in [0.2, 0.25) is 0 Å². The predicted octanol–water partition coefficient (Wildman–Crippen LogP) is 2.82. The summed E-state index contributed by atoms with van der Waals surface area (Å²) in [7, 11) is 0. The van der Waals surface area contributed by atoms with Crippen LogP contribution in [0.25, 0.3) is 0 Å². The van der Waals surface area contributed by atoms with Crippen molar-refractivity contribution < 1.29 is 19.1 Å². The molecular weight excluding hydrogens is 350 g/mol. The number of hydrogen-bond acceptors (Lipinski definition) is 8. The molecule has 0 bridgehead atoms. The van der Waals surface area contributed by atoms with E-state index in [4.69, 9.17) is 14.7 Å². The van der Waals surface area contributed by atoms with E-state index in [1.165, 1.54) is 11.2 Å². The Morgan fingerprint density at radius 3 is 2.37 bits per heavy atom. The van der Waals surface area contributed by atoms with Crippen molar-refractivity contribution in [1.82, 2.24) is 15.4 Å². The largest absolute Gasteiger partial charge is 0.462 e. The Hall–Kier alpha value is -2.89. The van der Waals surface area contributed by atoms with E-state index in [9.17, 15) is 9.59 Å². The lowest BCUT2D eigenvalue weighted by Crippen LogP contribution is -2.49. The zero-order valence-electron chi connectivity index (χ0n) is 16.9. The average Bonchev–Trinajstić information content (AvgIpc) is 2.50. The maximum atomic E-state index is 12.3. The topological polar surface area (TPSA) is 117 Å². The molecule has 1 rings (SSSR count). The molecule has 0 saturated heterocycles. The quantitative estimate of drug-likeness (QED) is 0.615. The van der Waals surface area contributed by atoms with Crippen LogP contribution in [0.15, 0.2) is 6.20 Å². The second kappa shape index (κ2) is 8.66. The van der Waals surface area contributed by atoms with Crippen LogP contribution >= 0.6 is 0 Å². The maximum Gasteiger partial charge on any atom is 0.426 e. The zero-order valence-corrected chi connectivity index (χ0v) is 16.9. The van der Waals surface area contributed by atoms with E-state index in [1.54, 1.807) is 27.7 Å². The van der Waals surface area contributed by atoms with Gasteiger partial charge in [-0.05, 0) is 33.1 Å². The first-order chi connectivity index (χ1) is 12.4. The maximum absolute atomic E-state index is 12.3. The smallest absolute Gasteiger partial charge is 0.426 e. The standard InChI is InChI=1S/C18H27N5O4/c1-8-26-15(24)12-10-20-13(9-19)21-14(12)23(11-17(2,3)4)22-16(25)27-18(5,6)7/h10H,8,11H2,1-7H3,(H,22,25). The molecule has 1 amide bonds.